The number of piperidine rings is 1. The zero-order valence-electron chi connectivity index (χ0n) is 15.2. The summed E-state index contributed by atoms with van der Waals surface area (Å²) in [7, 11) is 0. The number of nitrogens with zero attached hydrogens (tertiary/aromatic N) is 1. The summed E-state index contributed by atoms with van der Waals surface area (Å²) in [5.74, 6) is 0.731. The average molecular weight is 341 g/mol. The molecule has 1 aromatic carbocycles. The van der Waals surface area contributed by atoms with Gasteiger partial charge in [0.2, 0.25) is 5.91 Å². The van der Waals surface area contributed by atoms with Crippen LogP contribution in [0.2, 0.25) is 0 Å². The van der Waals surface area contributed by atoms with E-state index < -0.39 is 0 Å². The van der Waals surface area contributed by atoms with Crippen molar-refractivity contribution in [3.8, 4) is 0 Å². The first-order valence-corrected chi connectivity index (χ1v) is 10.1. The molecule has 1 aromatic rings. The second-order valence-electron chi connectivity index (χ2n) is 8.22. The minimum Gasteiger partial charge on any atom is -0.326 e. The maximum Gasteiger partial charge on any atom is 0.224 e. The number of hydrogen-bond acceptors (Lipinski definition) is 3. The molecule has 4 heteroatoms. The largest absolute Gasteiger partial charge is 0.326 e. The van der Waals surface area contributed by atoms with Crippen LogP contribution in [0.25, 0.3) is 0 Å². The molecule has 1 amide bonds. The Balaban J connectivity index is 1.22. The predicted molar refractivity (Wildman–Crippen MR) is 102 cm³/mol. The van der Waals surface area contributed by atoms with Crippen molar-refractivity contribution in [1.82, 2.24) is 10.2 Å². The fraction of sp³-hybridized carbons (Fsp3) is 0.667. The summed E-state index contributed by atoms with van der Waals surface area (Å²) in [4.78, 5) is 14.9. The molecule has 136 valence electrons. The lowest BCUT2D eigenvalue weighted by Crippen LogP contribution is -2.39. The van der Waals surface area contributed by atoms with E-state index in [-0.39, 0.29) is 5.91 Å². The van der Waals surface area contributed by atoms with Gasteiger partial charge in [0.05, 0.1) is 0 Å². The molecule has 0 radical (unpaired) electrons. The van der Waals surface area contributed by atoms with Crippen LogP contribution in [0, 0.1) is 5.92 Å². The molecule has 0 spiro atoms. The first-order chi connectivity index (χ1) is 12.2. The number of nitrogens with one attached hydrogen (secondary N) is 2. The third-order valence-electron chi connectivity index (χ3n) is 6.20. The molecule has 0 aliphatic carbocycles. The van der Waals surface area contributed by atoms with E-state index in [0.717, 1.165) is 18.7 Å². The number of hydrogen-bond donors (Lipinski definition) is 2. The molecule has 3 fully saturated rings. The van der Waals surface area contributed by atoms with Gasteiger partial charge in [-0.15, -0.1) is 0 Å². The summed E-state index contributed by atoms with van der Waals surface area (Å²) in [5.41, 5.74) is 2.30. The van der Waals surface area contributed by atoms with Gasteiger partial charge in [-0.1, -0.05) is 12.1 Å². The summed E-state index contributed by atoms with van der Waals surface area (Å²) in [5, 5.41) is 6.74. The topological polar surface area (TPSA) is 44.4 Å². The van der Waals surface area contributed by atoms with Gasteiger partial charge in [0, 0.05) is 30.7 Å². The summed E-state index contributed by atoms with van der Waals surface area (Å²) in [6, 6.07) is 9.76. The van der Waals surface area contributed by atoms with Crippen LogP contribution >= 0.6 is 0 Å². The van der Waals surface area contributed by atoms with Crippen molar-refractivity contribution in [1.29, 1.82) is 0 Å². The average Bonchev–Trinajstić information content (AvgIpc) is 3.24. The van der Waals surface area contributed by atoms with Crippen molar-refractivity contribution >= 4 is 11.6 Å². The summed E-state index contributed by atoms with van der Waals surface area (Å²) < 4.78 is 0. The lowest BCUT2D eigenvalue weighted by Gasteiger charge is -2.28. The lowest BCUT2D eigenvalue weighted by atomic mass is 9.89. The van der Waals surface area contributed by atoms with Crippen molar-refractivity contribution in [2.75, 3.05) is 25.0 Å². The van der Waals surface area contributed by atoms with E-state index in [1.165, 1.54) is 57.2 Å². The van der Waals surface area contributed by atoms with Gasteiger partial charge in [0.25, 0.3) is 0 Å². The number of likely N-dealkylation sites (tertiary alicyclic amines) is 1. The molecule has 3 saturated heterocycles. The number of anilines is 1. The Morgan fingerprint density at radius 1 is 1.08 bits per heavy atom. The van der Waals surface area contributed by atoms with E-state index in [4.69, 9.17) is 0 Å². The van der Waals surface area contributed by atoms with Gasteiger partial charge in [0.1, 0.15) is 0 Å². The molecule has 4 nitrogen and oxygen atoms in total. The molecule has 2 N–H and O–H groups in total. The second-order valence-corrected chi connectivity index (χ2v) is 8.22. The maximum absolute atomic E-state index is 12.4. The van der Waals surface area contributed by atoms with E-state index in [0.29, 0.717) is 24.4 Å². The smallest absolute Gasteiger partial charge is 0.224 e. The molecule has 2 bridgehead atoms. The number of rotatable bonds is 6. The monoisotopic (exact) mass is 341 g/mol. The quantitative estimate of drug-likeness (QED) is 0.835. The van der Waals surface area contributed by atoms with Crippen molar-refractivity contribution < 1.29 is 4.79 Å². The molecule has 3 heterocycles. The Morgan fingerprint density at radius 3 is 2.44 bits per heavy atom. The highest BCUT2D eigenvalue weighted by Crippen LogP contribution is 2.32. The van der Waals surface area contributed by atoms with Gasteiger partial charge in [-0.3, -0.25) is 4.79 Å². The fourth-order valence-corrected chi connectivity index (χ4v) is 4.86. The third kappa shape index (κ3) is 4.62. The molecule has 2 unspecified atom stereocenters. The Morgan fingerprint density at radius 2 is 1.76 bits per heavy atom. The first-order valence-electron chi connectivity index (χ1n) is 10.1. The van der Waals surface area contributed by atoms with Crippen LogP contribution in [0.4, 0.5) is 5.69 Å². The van der Waals surface area contributed by atoms with Gasteiger partial charge >= 0.3 is 0 Å². The molecule has 4 rings (SSSR count). The number of fused-ring (bicyclic) bond motifs is 2. The van der Waals surface area contributed by atoms with E-state index in [9.17, 15) is 4.79 Å². The zero-order chi connectivity index (χ0) is 17.1. The van der Waals surface area contributed by atoms with Gasteiger partial charge in [-0.2, -0.15) is 0 Å². The van der Waals surface area contributed by atoms with Crippen molar-refractivity contribution in [2.45, 2.75) is 63.5 Å². The summed E-state index contributed by atoms with van der Waals surface area (Å²) in [6.45, 7) is 3.67. The van der Waals surface area contributed by atoms with Crippen LogP contribution in [-0.4, -0.2) is 42.5 Å². The van der Waals surface area contributed by atoms with E-state index >= 15 is 0 Å². The molecular formula is C21H31N3O. The van der Waals surface area contributed by atoms with Crippen LogP contribution in [0.5, 0.6) is 0 Å². The Bertz CT molecular complexity index is 567. The van der Waals surface area contributed by atoms with E-state index in [1.54, 1.807) is 0 Å². The van der Waals surface area contributed by atoms with Crippen molar-refractivity contribution in [2.24, 2.45) is 5.92 Å². The van der Waals surface area contributed by atoms with Gasteiger partial charge < -0.3 is 15.5 Å². The standard InChI is InChI=1S/C21H31N3O/c25-21(15-17-13-19-7-8-20(14-17)22-19)23-18-5-3-16(4-6-18)9-12-24-10-1-2-11-24/h3-6,17,19-20,22H,1-2,7-15H2,(H,23,25). The van der Waals surface area contributed by atoms with Crippen molar-refractivity contribution in [3.05, 3.63) is 29.8 Å². The summed E-state index contributed by atoms with van der Waals surface area (Å²) in [6.07, 6.45) is 9.40. The minimum absolute atomic E-state index is 0.177. The zero-order valence-corrected chi connectivity index (χ0v) is 15.2. The SMILES string of the molecule is O=C(CC1CC2CCC(C1)N2)Nc1ccc(CCN2CCCC2)cc1. The van der Waals surface area contributed by atoms with Gasteiger partial charge in [-0.25, -0.2) is 0 Å². The van der Waals surface area contributed by atoms with E-state index in [1.807, 2.05) is 0 Å². The number of carbonyl (C=O) groups excluding carboxylic acids is 1. The highest BCUT2D eigenvalue weighted by Gasteiger charge is 2.34. The van der Waals surface area contributed by atoms with Crippen LogP contribution in [0.3, 0.4) is 0 Å². The van der Waals surface area contributed by atoms with Gasteiger partial charge in [0.15, 0.2) is 0 Å². The number of amides is 1. The molecule has 3 aliphatic rings. The second kappa shape index (κ2) is 7.88. The van der Waals surface area contributed by atoms with Crippen LogP contribution in [0.1, 0.15) is 50.5 Å². The van der Waals surface area contributed by atoms with Crippen LogP contribution < -0.4 is 10.6 Å². The molecule has 2 atom stereocenters. The van der Waals surface area contributed by atoms with Crippen LogP contribution in [-0.2, 0) is 11.2 Å². The summed E-state index contributed by atoms with van der Waals surface area (Å²) >= 11 is 0. The maximum atomic E-state index is 12.4. The highest BCUT2D eigenvalue weighted by atomic mass is 16.1. The van der Waals surface area contributed by atoms with E-state index in [2.05, 4.69) is 39.8 Å². The highest BCUT2D eigenvalue weighted by molar-refractivity contribution is 5.90. The molecule has 0 saturated carbocycles. The fourth-order valence-electron chi connectivity index (χ4n) is 4.86. The number of benzene rings is 1. The third-order valence-corrected chi connectivity index (χ3v) is 6.20. The van der Waals surface area contributed by atoms with Crippen LogP contribution in [0.15, 0.2) is 24.3 Å². The molecule has 3 aliphatic heterocycles. The van der Waals surface area contributed by atoms with Gasteiger partial charge in [-0.05, 0) is 81.6 Å². The molecule has 25 heavy (non-hydrogen) atoms. The first kappa shape index (κ1) is 17.0. The number of carbonyl (C=O) groups is 1. The molecular weight excluding hydrogens is 310 g/mol. The van der Waals surface area contributed by atoms with Crippen molar-refractivity contribution in [3.63, 3.8) is 0 Å². The Labute approximate surface area is 151 Å². The normalized spacial score (nSPS) is 29.0. The minimum atomic E-state index is 0.177. The lowest BCUT2D eigenvalue weighted by molar-refractivity contribution is -0.117. The molecule has 0 aromatic heterocycles. The Kier molecular flexibility index (Phi) is 5.37. The Hall–Kier alpha value is -1.39. The predicted octanol–water partition coefficient (Wildman–Crippen LogP) is 3.18.